The quantitative estimate of drug-likeness (QED) is 0.137. The van der Waals surface area contributed by atoms with Crippen molar-refractivity contribution in [3.8, 4) is 5.75 Å². The largest absolute Gasteiger partial charge is 0.497 e. The number of ether oxygens (including phenoxy) is 2. The average Bonchev–Trinajstić information content (AvgIpc) is 3.33. The third-order valence-electron chi connectivity index (χ3n) is 8.82. The van der Waals surface area contributed by atoms with Crippen LogP contribution < -0.4 is 15.0 Å². The number of hydrogen-bond donors (Lipinski definition) is 1. The number of nitrogens with zero attached hydrogens (tertiary/aromatic N) is 2. The lowest BCUT2D eigenvalue weighted by atomic mass is 9.55. The molecule has 1 heterocycles. The van der Waals surface area contributed by atoms with E-state index in [-0.39, 0.29) is 40.6 Å². The molecule has 0 aromatic heterocycles. The van der Waals surface area contributed by atoms with Gasteiger partial charge in [-0.1, -0.05) is 48.5 Å². The summed E-state index contributed by atoms with van der Waals surface area (Å²) in [6.45, 7) is -0.703. The normalized spacial score (nSPS) is 20.6. The number of hydrogen-bond acceptors (Lipinski definition) is 8. The Morgan fingerprint density at radius 1 is 0.822 bits per heavy atom. The standard InChI is InChI=1S/C34H25N3O8/c1-44-20-14-15-26(37(42)43)25(16-20)35-27(38)17-45-34(41)18-10-12-19(13-11-18)36-32(39)30-28-21-6-2-3-7-22(21)29(31(30)33(36)40)24-9-5-4-8-23(24)28/h2-16,28-31H,17H2,1H3,(H,35,38)/t28?,29?,30-,31+. The van der Waals surface area contributed by atoms with Crippen molar-refractivity contribution in [3.63, 3.8) is 0 Å². The number of methoxy groups -OCH3 is 1. The zero-order chi connectivity index (χ0) is 31.4. The summed E-state index contributed by atoms with van der Waals surface area (Å²) in [6.07, 6.45) is 0. The van der Waals surface area contributed by atoms with Gasteiger partial charge in [0, 0.05) is 24.0 Å². The Balaban J connectivity index is 1.07. The van der Waals surface area contributed by atoms with Crippen LogP contribution in [0.5, 0.6) is 5.75 Å². The molecule has 0 saturated carbocycles. The maximum Gasteiger partial charge on any atom is 0.338 e. The summed E-state index contributed by atoms with van der Waals surface area (Å²) in [4.78, 5) is 64.9. The third kappa shape index (κ3) is 4.43. The molecule has 4 aromatic carbocycles. The fourth-order valence-corrected chi connectivity index (χ4v) is 6.98. The minimum absolute atomic E-state index is 0.0929. The van der Waals surface area contributed by atoms with Crippen LogP contribution in [0.15, 0.2) is 91.0 Å². The number of imide groups is 1. The van der Waals surface area contributed by atoms with E-state index in [2.05, 4.69) is 5.32 Å². The predicted molar refractivity (Wildman–Crippen MR) is 161 cm³/mol. The number of amides is 3. The van der Waals surface area contributed by atoms with Crippen LogP contribution in [0.4, 0.5) is 17.1 Å². The van der Waals surface area contributed by atoms with Gasteiger partial charge < -0.3 is 14.8 Å². The molecular weight excluding hydrogens is 578 g/mol. The van der Waals surface area contributed by atoms with Crippen LogP contribution in [0.3, 0.4) is 0 Å². The molecule has 11 heteroatoms. The van der Waals surface area contributed by atoms with Gasteiger partial charge in [-0.2, -0.15) is 0 Å². The Labute approximate surface area is 256 Å². The van der Waals surface area contributed by atoms with Crippen molar-refractivity contribution >= 4 is 40.8 Å². The predicted octanol–water partition coefficient (Wildman–Crippen LogP) is 4.80. The zero-order valence-electron chi connectivity index (χ0n) is 23.8. The second kappa shape index (κ2) is 10.7. The van der Waals surface area contributed by atoms with Crippen LogP contribution >= 0.6 is 0 Å². The first kappa shape index (κ1) is 28.0. The lowest BCUT2D eigenvalue weighted by Gasteiger charge is -2.45. The Hall–Kier alpha value is -5.84. The number of carbonyl (C=O) groups excluding carboxylic acids is 4. The first-order valence-electron chi connectivity index (χ1n) is 14.2. The van der Waals surface area contributed by atoms with Gasteiger partial charge in [0.1, 0.15) is 11.4 Å². The lowest BCUT2D eigenvalue weighted by molar-refractivity contribution is -0.383. The molecule has 1 aliphatic heterocycles. The Bertz CT molecular complexity index is 1810. The Kier molecular flexibility index (Phi) is 6.65. The number of carbonyl (C=O) groups is 4. The molecule has 224 valence electrons. The van der Waals surface area contributed by atoms with Gasteiger partial charge in [0.15, 0.2) is 6.61 Å². The van der Waals surface area contributed by atoms with Crippen molar-refractivity contribution < 1.29 is 33.6 Å². The number of nitro benzene ring substituents is 1. The Morgan fingerprint density at radius 2 is 1.36 bits per heavy atom. The van der Waals surface area contributed by atoms with E-state index in [1.165, 1.54) is 54.5 Å². The van der Waals surface area contributed by atoms with E-state index in [1.54, 1.807) is 0 Å². The molecule has 2 bridgehead atoms. The van der Waals surface area contributed by atoms with Crippen molar-refractivity contribution in [2.45, 2.75) is 11.8 Å². The summed E-state index contributed by atoms with van der Waals surface area (Å²) in [5.74, 6) is -3.39. The second-order valence-electron chi connectivity index (χ2n) is 11.1. The van der Waals surface area contributed by atoms with E-state index in [0.717, 1.165) is 22.3 Å². The highest BCUT2D eigenvalue weighted by atomic mass is 16.6. The zero-order valence-corrected chi connectivity index (χ0v) is 23.8. The number of esters is 1. The molecule has 4 aliphatic rings. The number of anilines is 2. The van der Waals surface area contributed by atoms with Gasteiger partial charge in [-0.25, -0.2) is 9.69 Å². The topological polar surface area (TPSA) is 145 Å². The molecule has 1 fully saturated rings. The summed E-state index contributed by atoms with van der Waals surface area (Å²) >= 11 is 0. The summed E-state index contributed by atoms with van der Waals surface area (Å²) in [5.41, 5.74) is 4.29. The molecule has 0 radical (unpaired) electrons. The van der Waals surface area contributed by atoms with E-state index in [1.807, 2.05) is 48.5 Å². The lowest BCUT2D eigenvalue weighted by Crippen LogP contribution is -2.41. The van der Waals surface area contributed by atoms with Gasteiger partial charge in [-0.15, -0.1) is 0 Å². The highest BCUT2D eigenvalue weighted by Gasteiger charge is 2.61. The molecule has 45 heavy (non-hydrogen) atoms. The van der Waals surface area contributed by atoms with Gasteiger partial charge in [-0.3, -0.25) is 24.5 Å². The molecule has 3 amide bonds. The van der Waals surface area contributed by atoms with Crippen LogP contribution in [-0.2, 0) is 19.1 Å². The van der Waals surface area contributed by atoms with Gasteiger partial charge in [-0.05, 0) is 52.6 Å². The molecule has 2 atom stereocenters. The molecule has 4 aromatic rings. The molecule has 3 aliphatic carbocycles. The van der Waals surface area contributed by atoms with Crippen molar-refractivity contribution in [3.05, 3.63) is 129 Å². The smallest absolute Gasteiger partial charge is 0.338 e. The third-order valence-corrected chi connectivity index (χ3v) is 8.82. The fraction of sp³-hybridized carbons (Fsp3) is 0.176. The van der Waals surface area contributed by atoms with E-state index in [0.29, 0.717) is 11.4 Å². The summed E-state index contributed by atoms with van der Waals surface area (Å²) < 4.78 is 10.2. The first-order valence-corrected chi connectivity index (χ1v) is 14.2. The van der Waals surface area contributed by atoms with E-state index in [9.17, 15) is 29.3 Å². The molecule has 0 unspecified atom stereocenters. The second-order valence-corrected chi connectivity index (χ2v) is 11.1. The minimum atomic E-state index is -0.825. The van der Waals surface area contributed by atoms with Crippen LogP contribution in [-0.4, -0.2) is 42.3 Å². The van der Waals surface area contributed by atoms with Crippen LogP contribution in [0.2, 0.25) is 0 Å². The van der Waals surface area contributed by atoms with E-state index < -0.39 is 35.2 Å². The molecule has 1 saturated heterocycles. The maximum absolute atomic E-state index is 13.9. The number of rotatable bonds is 7. The monoisotopic (exact) mass is 603 g/mol. The summed E-state index contributed by atoms with van der Waals surface area (Å²) in [7, 11) is 1.38. The fourth-order valence-electron chi connectivity index (χ4n) is 6.98. The minimum Gasteiger partial charge on any atom is -0.497 e. The number of nitrogens with one attached hydrogen (secondary N) is 1. The SMILES string of the molecule is COc1ccc([N+](=O)[O-])c(NC(=O)COC(=O)c2ccc(N3C(=O)[C@@H]4C5c6ccccc6C(c6ccccc65)[C@@H]4C3=O)cc2)c1. The number of benzene rings is 4. The van der Waals surface area contributed by atoms with Gasteiger partial charge in [0.05, 0.1) is 35.1 Å². The number of nitro groups is 1. The van der Waals surface area contributed by atoms with Crippen molar-refractivity contribution in [2.75, 3.05) is 23.9 Å². The van der Waals surface area contributed by atoms with Crippen molar-refractivity contribution in [1.29, 1.82) is 0 Å². The average molecular weight is 604 g/mol. The van der Waals surface area contributed by atoms with Crippen molar-refractivity contribution in [1.82, 2.24) is 0 Å². The van der Waals surface area contributed by atoms with Crippen LogP contribution in [0.25, 0.3) is 0 Å². The molecule has 0 spiro atoms. The first-order chi connectivity index (χ1) is 21.8. The highest BCUT2D eigenvalue weighted by Crippen LogP contribution is 2.61. The van der Waals surface area contributed by atoms with Crippen molar-refractivity contribution in [2.24, 2.45) is 11.8 Å². The molecule has 8 rings (SSSR count). The maximum atomic E-state index is 13.9. The molecular formula is C34H25N3O8. The van der Waals surface area contributed by atoms with Crippen LogP contribution in [0, 0.1) is 22.0 Å². The summed E-state index contributed by atoms with van der Waals surface area (Å²) in [6, 6.07) is 25.7. The van der Waals surface area contributed by atoms with E-state index >= 15 is 0 Å². The summed E-state index contributed by atoms with van der Waals surface area (Å²) in [5, 5.41) is 13.7. The van der Waals surface area contributed by atoms with Gasteiger partial charge in [0.25, 0.3) is 11.6 Å². The van der Waals surface area contributed by atoms with Gasteiger partial charge >= 0.3 is 5.97 Å². The highest BCUT2D eigenvalue weighted by molar-refractivity contribution is 6.23. The molecule has 11 nitrogen and oxygen atoms in total. The van der Waals surface area contributed by atoms with Gasteiger partial charge in [0.2, 0.25) is 11.8 Å². The molecule has 1 N–H and O–H groups in total. The van der Waals surface area contributed by atoms with Crippen LogP contribution in [0.1, 0.15) is 44.4 Å². The Morgan fingerprint density at radius 3 is 1.84 bits per heavy atom. The van der Waals surface area contributed by atoms with E-state index in [4.69, 9.17) is 9.47 Å².